The molecule has 0 bridgehead atoms. The summed E-state index contributed by atoms with van der Waals surface area (Å²) in [7, 11) is 0.767. The summed E-state index contributed by atoms with van der Waals surface area (Å²) < 4.78 is 44.4. The first-order valence-electron chi connectivity index (χ1n) is 7.66. The summed E-state index contributed by atoms with van der Waals surface area (Å²) in [6.45, 7) is 0.0134. The molecule has 138 valence electrons. The lowest BCUT2D eigenvalue weighted by Crippen LogP contribution is -2.23. The first-order chi connectivity index (χ1) is 12.4. The fraction of sp³-hybridized carbons (Fsp3) is 0.235. The lowest BCUT2D eigenvalue weighted by molar-refractivity contribution is 0.398. The lowest BCUT2D eigenvalue weighted by Gasteiger charge is -2.12. The molecule has 0 spiro atoms. The Bertz CT molecular complexity index is 1110. The molecule has 0 radical (unpaired) electrons. The minimum Gasteiger partial charge on any atom is -0.497 e. The second kappa shape index (κ2) is 6.85. The molecule has 0 amide bonds. The van der Waals surface area contributed by atoms with Crippen molar-refractivity contribution in [1.82, 2.24) is 9.29 Å². The van der Waals surface area contributed by atoms with Crippen molar-refractivity contribution in [2.24, 2.45) is 7.05 Å². The molecule has 2 aromatic carbocycles. The van der Waals surface area contributed by atoms with Crippen molar-refractivity contribution in [3.63, 3.8) is 0 Å². The van der Waals surface area contributed by atoms with Gasteiger partial charge in [0, 0.05) is 25.2 Å². The van der Waals surface area contributed by atoms with Gasteiger partial charge >= 0.3 is 5.76 Å². The van der Waals surface area contributed by atoms with Crippen molar-refractivity contribution in [2.75, 3.05) is 14.2 Å². The quantitative estimate of drug-likeness (QED) is 0.700. The maximum Gasteiger partial charge on any atom is 0.419 e. The van der Waals surface area contributed by atoms with E-state index < -0.39 is 15.8 Å². The Morgan fingerprint density at radius 1 is 1.12 bits per heavy atom. The van der Waals surface area contributed by atoms with Crippen LogP contribution in [-0.4, -0.2) is 27.2 Å². The third-order valence-corrected chi connectivity index (χ3v) is 5.41. The standard InChI is InChI=1S/C17H18N2O6S/c1-19-14-6-5-13(9-16(14)25-17(19)20)26(21,22)18-10-11-8-12(23-2)4-7-15(11)24-3/h4-9,18H,10H2,1-3H3. The highest BCUT2D eigenvalue weighted by Crippen LogP contribution is 2.24. The van der Waals surface area contributed by atoms with Gasteiger partial charge in [0.2, 0.25) is 10.0 Å². The third kappa shape index (κ3) is 3.31. The highest BCUT2D eigenvalue weighted by molar-refractivity contribution is 7.89. The van der Waals surface area contributed by atoms with E-state index in [1.54, 1.807) is 25.2 Å². The Morgan fingerprint density at radius 2 is 1.88 bits per heavy atom. The Hall–Kier alpha value is -2.78. The molecule has 0 saturated carbocycles. The summed E-state index contributed by atoms with van der Waals surface area (Å²) in [5, 5.41) is 0. The molecule has 3 aromatic rings. The number of fused-ring (bicyclic) bond motifs is 1. The van der Waals surface area contributed by atoms with E-state index in [1.807, 2.05) is 0 Å². The molecular formula is C17H18N2O6S. The molecule has 0 aliphatic rings. The van der Waals surface area contributed by atoms with Crippen LogP contribution in [0, 0.1) is 0 Å². The Kier molecular flexibility index (Phi) is 4.75. The van der Waals surface area contributed by atoms with Crippen molar-refractivity contribution in [1.29, 1.82) is 0 Å². The maximum atomic E-state index is 12.6. The van der Waals surface area contributed by atoms with Gasteiger partial charge in [0.05, 0.1) is 24.6 Å². The van der Waals surface area contributed by atoms with Crippen LogP contribution in [0.1, 0.15) is 5.56 Å². The van der Waals surface area contributed by atoms with Gasteiger partial charge in [-0.1, -0.05) is 0 Å². The minimum atomic E-state index is -3.82. The van der Waals surface area contributed by atoms with Gasteiger partial charge in [-0.2, -0.15) is 0 Å². The van der Waals surface area contributed by atoms with Crippen molar-refractivity contribution in [3.8, 4) is 11.5 Å². The summed E-state index contributed by atoms with van der Waals surface area (Å²) in [6, 6.07) is 9.39. The zero-order valence-corrected chi connectivity index (χ0v) is 15.3. The van der Waals surface area contributed by atoms with E-state index >= 15 is 0 Å². The number of benzene rings is 2. The smallest absolute Gasteiger partial charge is 0.419 e. The highest BCUT2D eigenvalue weighted by Gasteiger charge is 2.18. The van der Waals surface area contributed by atoms with E-state index in [1.165, 1.54) is 37.0 Å². The van der Waals surface area contributed by atoms with Crippen LogP contribution in [0.4, 0.5) is 0 Å². The number of hydrogen-bond acceptors (Lipinski definition) is 6. The molecule has 3 rings (SSSR count). The van der Waals surface area contributed by atoms with Crippen molar-refractivity contribution in [3.05, 3.63) is 52.5 Å². The SMILES string of the molecule is COc1ccc(OC)c(CNS(=O)(=O)c2ccc3c(c2)oc(=O)n3C)c1. The summed E-state index contributed by atoms with van der Waals surface area (Å²) >= 11 is 0. The number of aryl methyl sites for hydroxylation is 1. The second-order valence-corrected chi connectivity index (χ2v) is 7.33. The van der Waals surface area contributed by atoms with E-state index in [0.29, 0.717) is 22.6 Å². The normalized spacial score (nSPS) is 11.7. The fourth-order valence-electron chi connectivity index (χ4n) is 2.56. The summed E-state index contributed by atoms with van der Waals surface area (Å²) in [5.41, 5.74) is 1.35. The number of nitrogens with zero attached hydrogens (tertiary/aromatic N) is 1. The predicted octanol–water partition coefficient (Wildman–Crippen LogP) is 1.63. The van der Waals surface area contributed by atoms with Gasteiger partial charge in [0.15, 0.2) is 5.58 Å². The molecule has 0 saturated heterocycles. The van der Waals surface area contributed by atoms with Crippen LogP contribution in [0.2, 0.25) is 0 Å². The first kappa shape index (κ1) is 18.0. The third-order valence-electron chi connectivity index (χ3n) is 4.01. The van der Waals surface area contributed by atoms with E-state index in [4.69, 9.17) is 13.9 Å². The van der Waals surface area contributed by atoms with Gasteiger partial charge in [-0.15, -0.1) is 0 Å². The molecule has 1 N–H and O–H groups in total. The van der Waals surface area contributed by atoms with E-state index in [9.17, 15) is 13.2 Å². The summed E-state index contributed by atoms with van der Waals surface area (Å²) in [4.78, 5) is 11.5. The van der Waals surface area contributed by atoms with Crippen LogP contribution in [0.3, 0.4) is 0 Å². The average Bonchev–Trinajstić information content (AvgIpc) is 2.93. The molecule has 0 fully saturated rings. The first-order valence-corrected chi connectivity index (χ1v) is 9.14. The molecule has 26 heavy (non-hydrogen) atoms. The molecule has 0 aliphatic carbocycles. The number of ether oxygens (including phenoxy) is 2. The van der Waals surface area contributed by atoms with Crippen LogP contribution in [0.25, 0.3) is 11.1 Å². The second-order valence-electron chi connectivity index (χ2n) is 5.56. The molecule has 1 heterocycles. The van der Waals surface area contributed by atoms with Gasteiger partial charge < -0.3 is 13.9 Å². The van der Waals surface area contributed by atoms with Crippen LogP contribution in [0.5, 0.6) is 11.5 Å². The van der Waals surface area contributed by atoms with E-state index in [0.717, 1.165) is 0 Å². The number of nitrogens with one attached hydrogen (secondary N) is 1. The van der Waals surface area contributed by atoms with Crippen molar-refractivity contribution in [2.45, 2.75) is 11.4 Å². The van der Waals surface area contributed by atoms with Gasteiger partial charge in [-0.25, -0.2) is 17.9 Å². The average molecular weight is 378 g/mol. The van der Waals surface area contributed by atoms with Gasteiger partial charge in [0.1, 0.15) is 11.5 Å². The Balaban J connectivity index is 1.89. The summed E-state index contributed by atoms with van der Waals surface area (Å²) in [6.07, 6.45) is 0. The number of oxazole rings is 1. The maximum absolute atomic E-state index is 12.6. The van der Waals surface area contributed by atoms with Crippen LogP contribution >= 0.6 is 0 Å². The van der Waals surface area contributed by atoms with Gasteiger partial charge in [-0.05, 0) is 30.3 Å². The lowest BCUT2D eigenvalue weighted by atomic mass is 10.2. The van der Waals surface area contributed by atoms with Gasteiger partial charge in [-0.3, -0.25) is 4.57 Å². The van der Waals surface area contributed by atoms with Crippen LogP contribution in [-0.2, 0) is 23.6 Å². The monoisotopic (exact) mass is 378 g/mol. The Labute approximate surface area is 150 Å². The van der Waals surface area contributed by atoms with Crippen molar-refractivity contribution >= 4 is 21.1 Å². The number of sulfonamides is 1. The number of hydrogen-bond donors (Lipinski definition) is 1. The topological polar surface area (TPSA) is 99.8 Å². The highest BCUT2D eigenvalue weighted by atomic mass is 32.2. The van der Waals surface area contributed by atoms with Crippen LogP contribution < -0.4 is 20.0 Å². The molecule has 1 aromatic heterocycles. The number of rotatable bonds is 6. The molecule has 0 atom stereocenters. The Morgan fingerprint density at radius 3 is 2.58 bits per heavy atom. The zero-order valence-electron chi connectivity index (χ0n) is 14.5. The zero-order chi connectivity index (χ0) is 18.9. The number of methoxy groups -OCH3 is 2. The molecular weight excluding hydrogens is 360 g/mol. The number of aromatic nitrogens is 1. The van der Waals surface area contributed by atoms with E-state index in [-0.39, 0.29) is 17.0 Å². The molecule has 0 unspecified atom stereocenters. The van der Waals surface area contributed by atoms with E-state index in [2.05, 4.69) is 4.72 Å². The minimum absolute atomic E-state index is 0.00112. The van der Waals surface area contributed by atoms with Crippen LogP contribution in [0.15, 0.2) is 50.5 Å². The summed E-state index contributed by atoms with van der Waals surface area (Å²) in [5.74, 6) is 0.578. The molecule has 9 heteroatoms. The largest absolute Gasteiger partial charge is 0.497 e. The molecule has 0 aliphatic heterocycles. The predicted molar refractivity (Wildman–Crippen MR) is 95.0 cm³/mol. The van der Waals surface area contributed by atoms with Crippen molar-refractivity contribution < 1.29 is 22.3 Å². The molecule has 8 nitrogen and oxygen atoms in total. The van der Waals surface area contributed by atoms with Gasteiger partial charge in [0.25, 0.3) is 0 Å². The fourth-order valence-corrected chi connectivity index (χ4v) is 3.58.